The monoisotopic (exact) mass is 298 g/mol. The lowest BCUT2D eigenvalue weighted by Gasteiger charge is -1.98. The number of methoxy groups -OCH3 is 1. The van der Waals surface area contributed by atoms with Gasteiger partial charge in [-0.2, -0.15) is 0 Å². The van der Waals surface area contributed by atoms with Gasteiger partial charge in [-0.25, -0.2) is 4.79 Å². The highest BCUT2D eigenvalue weighted by molar-refractivity contribution is 5.83. The first-order chi connectivity index (χ1) is 10.7. The van der Waals surface area contributed by atoms with Gasteiger partial charge in [0.25, 0.3) is 0 Å². The lowest BCUT2D eigenvalue weighted by Crippen LogP contribution is -1.99. The standard InChI is InChI=1S/C19H22O3/c1-4-22-19(20)15-16(2)9-7-5-6-8-10-17-11-13-18(21-3)14-12-17/h5-15H,4H2,1-3H3/b6-5+,9-7+,10-8+,16-15+. The SMILES string of the molecule is CCOC(=O)/C=C(C)/C=C/C=C/C=C/c1ccc(OC)cc1. The Bertz CT molecular complexity index is 575. The van der Waals surface area contributed by atoms with E-state index in [1.165, 1.54) is 6.08 Å². The normalized spacial score (nSPS) is 12.4. The number of hydrogen-bond donors (Lipinski definition) is 0. The average molecular weight is 298 g/mol. The van der Waals surface area contributed by atoms with Gasteiger partial charge in [0.1, 0.15) is 5.75 Å². The highest BCUT2D eigenvalue weighted by atomic mass is 16.5. The predicted octanol–water partition coefficient (Wildman–Crippen LogP) is 4.33. The second-order valence-corrected chi connectivity index (χ2v) is 4.52. The summed E-state index contributed by atoms with van der Waals surface area (Å²) in [6.45, 7) is 4.03. The van der Waals surface area contributed by atoms with Crippen LogP contribution >= 0.6 is 0 Å². The summed E-state index contributed by atoms with van der Waals surface area (Å²) >= 11 is 0. The molecule has 3 nitrogen and oxygen atoms in total. The van der Waals surface area contributed by atoms with Crippen LogP contribution in [0, 0.1) is 0 Å². The number of ether oxygens (including phenoxy) is 2. The summed E-state index contributed by atoms with van der Waals surface area (Å²) < 4.78 is 9.94. The third kappa shape index (κ3) is 7.29. The molecule has 0 amide bonds. The van der Waals surface area contributed by atoms with E-state index in [4.69, 9.17) is 9.47 Å². The van der Waals surface area contributed by atoms with Crippen LogP contribution in [0.4, 0.5) is 0 Å². The summed E-state index contributed by atoms with van der Waals surface area (Å²) in [5.41, 5.74) is 1.95. The minimum Gasteiger partial charge on any atom is -0.497 e. The Balaban J connectivity index is 2.46. The van der Waals surface area contributed by atoms with Gasteiger partial charge in [-0.05, 0) is 37.1 Å². The van der Waals surface area contributed by atoms with Gasteiger partial charge in [0.15, 0.2) is 0 Å². The molecule has 0 radical (unpaired) electrons. The molecule has 0 spiro atoms. The van der Waals surface area contributed by atoms with Crippen molar-refractivity contribution < 1.29 is 14.3 Å². The highest BCUT2D eigenvalue weighted by Crippen LogP contribution is 2.12. The van der Waals surface area contributed by atoms with Crippen molar-refractivity contribution in [2.45, 2.75) is 13.8 Å². The van der Waals surface area contributed by atoms with Crippen LogP contribution in [0.15, 0.2) is 66.3 Å². The van der Waals surface area contributed by atoms with E-state index in [0.717, 1.165) is 16.9 Å². The van der Waals surface area contributed by atoms with Gasteiger partial charge in [0.05, 0.1) is 13.7 Å². The fourth-order valence-electron chi connectivity index (χ4n) is 1.64. The van der Waals surface area contributed by atoms with Crippen molar-refractivity contribution in [1.82, 2.24) is 0 Å². The highest BCUT2D eigenvalue weighted by Gasteiger charge is 1.94. The molecule has 1 rings (SSSR count). The van der Waals surface area contributed by atoms with Crippen molar-refractivity contribution in [2.75, 3.05) is 13.7 Å². The van der Waals surface area contributed by atoms with E-state index in [9.17, 15) is 4.79 Å². The molecule has 22 heavy (non-hydrogen) atoms. The van der Waals surface area contributed by atoms with Gasteiger partial charge >= 0.3 is 5.97 Å². The fraction of sp³-hybridized carbons (Fsp3) is 0.211. The van der Waals surface area contributed by atoms with Crippen LogP contribution in [0.5, 0.6) is 5.75 Å². The Morgan fingerprint density at radius 2 is 1.77 bits per heavy atom. The molecule has 0 bridgehead atoms. The van der Waals surface area contributed by atoms with Crippen molar-refractivity contribution in [3.63, 3.8) is 0 Å². The van der Waals surface area contributed by atoms with Crippen molar-refractivity contribution in [1.29, 1.82) is 0 Å². The van der Waals surface area contributed by atoms with E-state index in [0.29, 0.717) is 6.61 Å². The van der Waals surface area contributed by atoms with Crippen LogP contribution in [-0.4, -0.2) is 19.7 Å². The lowest BCUT2D eigenvalue weighted by atomic mass is 10.2. The Kier molecular flexibility index (Phi) is 8.13. The molecule has 1 aromatic rings. The largest absolute Gasteiger partial charge is 0.497 e. The molecular formula is C19H22O3. The molecule has 0 N–H and O–H groups in total. The molecule has 0 atom stereocenters. The molecule has 0 fully saturated rings. The number of carbonyl (C=O) groups is 1. The summed E-state index contributed by atoms with van der Waals surface area (Å²) in [6.07, 6.45) is 13.0. The number of hydrogen-bond acceptors (Lipinski definition) is 3. The van der Waals surface area contributed by atoms with Gasteiger partial charge in [-0.15, -0.1) is 0 Å². The van der Waals surface area contributed by atoms with Crippen LogP contribution in [0.3, 0.4) is 0 Å². The maximum atomic E-state index is 11.2. The quantitative estimate of drug-likeness (QED) is 0.427. The van der Waals surface area contributed by atoms with Crippen molar-refractivity contribution >= 4 is 12.0 Å². The van der Waals surface area contributed by atoms with Gasteiger partial charge in [0, 0.05) is 6.08 Å². The van der Waals surface area contributed by atoms with E-state index < -0.39 is 0 Å². The van der Waals surface area contributed by atoms with E-state index in [1.807, 2.05) is 67.6 Å². The van der Waals surface area contributed by atoms with Gasteiger partial charge in [-0.1, -0.05) is 48.6 Å². The molecule has 0 aliphatic carbocycles. The molecule has 0 saturated heterocycles. The summed E-state index contributed by atoms with van der Waals surface area (Å²) in [5.74, 6) is 0.535. The maximum absolute atomic E-state index is 11.2. The molecule has 0 saturated carbocycles. The van der Waals surface area contributed by atoms with Gasteiger partial charge < -0.3 is 9.47 Å². The Hall–Kier alpha value is -2.55. The topological polar surface area (TPSA) is 35.5 Å². The smallest absolute Gasteiger partial charge is 0.330 e. The Morgan fingerprint density at radius 3 is 2.41 bits per heavy atom. The zero-order chi connectivity index (χ0) is 16.2. The molecule has 0 aliphatic rings. The Morgan fingerprint density at radius 1 is 1.09 bits per heavy atom. The third-order valence-corrected chi connectivity index (χ3v) is 2.73. The van der Waals surface area contributed by atoms with Gasteiger partial charge in [-0.3, -0.25) is 0 Å². The molecular weight excluding hydrogens is 276 g/mol. The molecule has 3 heteroatoms. The zero-order valence-electron chi connectivity index (χ0n) is 13.3. The Labute approximate surface area is 132 Å². The van der Waals surface area contributed by atoms with Crippen LogP contribution in [0.1, 0.15) is 19.4 Å². The molecule has 0 heterocycles. The number of rotatable bonds is 7. The summed E-state index contributed by atoms with van der Waals surface area (Å²) in [7, 11) is 1.65. The number of esters is 1. The molecule has 116 valence electrons. The number of carbonyl (C=O) groups excluding carboxylic acids is 1. The molecule has 0 unspecified atom stereocenters. The number of benzene rings is 1. The van der Waals surface area contributed by atoms with Crippen LogP contribution < -0.4 is 4.74 Å². The van der Waals surface area contributed by atoms with E-state index in [-0.39, 0.29) is 5.97 Å². The maximum Gasteiger partial charge on any atom is 0.330 e. The van der Waals surface area contributed by atoms with Crippen LogP contribution in [0.2, 0.25) is 0 Å². The minimum atomic E-state index is -0.312. The summed E-state index contributed by atoms with van der Waals surface area (Å²) in [4.78, 5) is 11.2. The van der Waals surface area contributed by atoms with Gasteiger partial charge in [0.2, 0.25) is 0 Å². The molecule has 0 aromatic heterocycles. The van der Waals surface area contributed by atoms with Crippen LogP contribution in [0.25, 0.3) is 6.08 Å². The first-order valence-electron chi connectivity index (χ1n) is 7.16. The minimum absolute atomic E-state index is 0.312. The average Bonchev–Trinajstić information content (AvgIpc) is 2.51. The first kappa shape index (κ1) is 17.5. The summed E-state index contributed by atoms with van der Waals surface area (Å²) in [5, 5.41) is 0. The predicted molar refractivity (Wildman–Crippen MR) is 90.7 cm³/mol. The van der Waals surface area contributed by atoms with E-state index in [1.54, 1.807) is 14.0 Å². The summed E-state index contributed by atoms with van der Waals surface area (Å²) in [6, 6.07) is 7.83. The molecule has 0 aliphatic heterocycles. The van der Waals surface area contributed by atoms with Crippen molar-refractivity contribution in [2.24, 2.45) is 0 Å². The second kappa shape index (κ2) is 10.2. The fourth-order valence-corrected chi connectivity index (χ4v) is 1.64. The van der Waals surface area contributed by atoms with E-state index >= 15 is 0 Å². The lowest BCUT2D eigenvalue weighted by molar-refractivity contribution is -0.137. The van der Waals surface area contributed by atoms with E-state index in [2.05, 4.69) is 0 Å². The van der Waals surface area contributed by atoms with Crippen LogP contribution in [-0.2, 0) is 9.53 Å². The second-order valence-electron chi connectivity index (χ2n) is 4.52. The molecule has 1 aromatic carbocycles. The first-order valence-corrected chi connectivity index (χ1v) is 7.16. The third-order valence-electron chi connectivity index (χ3n) is 2.73. The van der Waals surface area contributed by atoms with Crippen molar-refractivity contribution in [3.05, 3.63) is 71.9 Å². The zero-order valence-corrected chi connectivity index (χ0v) is 13.3. The number of allylic oxidation sites excluding steroid dienone is 6. The van der Waals surface area contributed by atoms with Crippen molar-refractivity contribution in [3.8, 4) is 5.75 Å².